The monoisotopic (exact) mass is 448 g/mol. The Kier molecular flexibility index (Phi) is 7.67. The third kappa shape index (κ3) is 4.90. The predicted molar refractivity (Wildman–Crippen MR) is 118 cm³/mol. The van der Waals surface area contributed by atoms with E-state index in [1.54, 1.807) is 49.3 Å². The van der Waals surface area contributed by atoms with E-state index in [1.807, 2.05) is 12.3 Å². The number of hydrogen-bond donors (Lipinski definition) is 2. The molecular formula is C21H28N4O5S. The van der Waals surface area contributed by atoms with Crippen LogP contribution in [0.1, 0.15) is 29.4 Å². The van der Waals surface area contributed by atoms with E-state index in [0.29, 0.717) is 30.9 Å². The average molecular weight is 449 g/mol. The van der Waals surface area contributed by atoms with Crippen LogP contribution < -0.4 is 14.8 Å². The molecule has 31 heavy (non-hydrogen) atoms. The standard InChI is InChI=1S/C21H28N4O5S/c1-28-13-5-6-17(29-2)14(11-13)19-18-15(22-12-23-18)7-9-25(19)21(27)24-16(8-10-31-4)20(26)30-3/h5-6,11-12,16,19H,7-10H2,1-4H3,(H,22,23)(H,24,27)/t16-,19?/m0/s1. The number of H-pyrrole nitrogens is 1. The zero-order valence-corrected chi connectivity index (χ0v) is 19.0. The number of aromatic amines is 1. The summed E-state index contributed by atoms with van der Waals surface area (Å²) >= 11 is 1.60. The van der Waals surface area contributed by atoms with Gasteiger partial charge in [-0.1, -0.05) is 0 Å². The Morgan fingerprint density at radius 2 is 2.13 bits per heavy atom. The lowest BCUT2D eigenvalue weighted by Gasteiger charge is -2.36. The highest BCUT2D eigenvalue weighted by Crippen LogP contribution is 2.39. The van der Waals surface area contributed by atoms with E-state index in [-0.39, 0.29) is 6.03 Å². The lowest BCUT2D eigenvalue weighted by Crippen LogP contribution is -2.51. The fourth-order valence-electron chi connectivity index (χ4n) is 3.72. The fourth-order valence-corrected chi connectivity index (χ4v) is 4.19. The van der Waals surface area contributed by atoms with Crippen molar-refractivity contribution in [2.24, 2.45) is 0 Å². The molecule has 2 aromatic rings. The second-order valence-electron chi connectivity index (χ2n) is 7.03. The molecule has 0 radical (unpaired) electrons. The van der Waals surface area contributed by atoms with Crippen molar-refractivity contribution in [2.75, 3.05) is 39.9 Å². The molecule has 0 fully saturated rings. The van der Waals surface area contributed by atoms with E-state index < -0.39 is 18.1 Å². The van der Waals surface area contributed by atoms with Crippen molar-refractivity contribution in [3.63, 3.8) is 0 Å². The highest BCUT2D eigenvalue weighted by molar-refractivity contribution is 7.98. The zero-order valence-electron chi connectivity index (χ0n) is 18.1. The van der Waals surface area contributed by atoms with Gasteiger partial charge in [-0.15, -0.1) is 0 Å². The summed E-state index contributed by atoms with van der Waals surface area (Å²) in [7, 11) is 4.49. The van der Waals surface area contributed by atoms with Gasteiger partial charge in [0.15, 0.2) is 0 Å². The Balaban J connectivity index is 1.97. The second kappa shape index (κ2) is 10.4. The zero-order chi connectivity index (χ0) is 22.4. The van der Waals surface area contributed by atoms with Crippen molar-refractivity contribution in [1.82, 2.24) is 20.2 Å². The van der Waals surface area contributed by atoms with Gasteiger partial charge in [0.05, 0.1) is 33.4 Å². The van der Waals surface area contributed by atoms with Crippen molar-refractivity contribution < 1.29 is 23.8 Å². The number of carbonyl (C=O) groups excluding carboxylic acids is 2. The fraction of sp³-hybridized carbons (Fsp3) is 0.476. The molecule has 2 amide bonds. The van der Waals surface area contributed by atoms with E-state index in [4.69, 9.17) is 14.2 Å². The summed E-state index contributed by atoms with van der Waals surface area (Å²) in [6.45, 7) is 0.447. The molecular weight excluding hydrogens is 420 g/mol. The van der Waals surface area contributed by atoms with E-state index >= 15 is 0 Å². The van der Waals surface area contributed by atoms with Gasteiger partial charge in [-0.2, -0.15) is 11.8 Å². The van der Waals surface area contributed by atoms with Crippen molar-refractivity contribution in [3.05, 3.63) is 41.5 Å². The van der Waals surface area contributed by atoms with Crippen LogP contribution in [0.4, 0.5) is 4.79 Å². The van der Waals surface area contributed by atoms with Gasteiger partial charge < -0.3 is 29.4 Å². The minimum absolute atomic E-state index is 0.361. The quantitative estimate of drug-likeness (QED) is 0.597. The number of imidazole rings is 1. The highest BCUT2D eigenvalue weighted by Gasteiger charge is 2.37. The third-order valence-electron chi connectivity index (χ3n) is 5.31. The maximum atomic E-state index is 13.4. The number of nitrogens with zero attached hydrogens (tertiary/aromatic N) is 2. The largest absolute Gasteiger partial charge is 0.497 e. The third-order valence-corrected chi connectivity index (χ3v) is 5.96. The first-order valence-corrected chi connectivity index (χ1v) is 11.3. The van der Waals surface area contributed by atoms with Crippen LogP contribution >= 0.6 is 11.8 Å². The Morgan fingerprint density at radius 3 is 2.81 bits per heavy atom. The molecule has 1 aliphatic heterocycles. The molecule has 2 N–H and O–H groups in total. The molecule has 2 atom stereocenters. The number of methoxy groups -OCH3 is 3. The molecule has 9 nitrogen and oxygen atoms in total. The molecule has 0 spiro atoms. The van der Waals surface area contributed by atoms with Crippen LogP contribution in [0.2, 0.25) is 0 Å². The Labute approximate surface area is 185 Å². The van der Waals surface area contributed by atoms with E-state index in [0.717, 1.165) is 22.7 Å². The summed E-state index contributed by atoms with van der Waals surface area (Å²) in [5, 5.41) is 2.85. The summed E-state index contributed by atoms with van der Waals surface area (Å²) in [5.41, 5.74) is 2.46. The van der Waals surface area contributed by atoms with Gasteiger partial charge in [-0.3, -0.25) is 0 Å². The number of nitrogens with one attached hydrogen (secondary N) is 2. The first-order chi connectivity index (χ1) is 15.0. The first-order valence-electron chi connectivity index (χ1n) is 9.92. The Bertz CT molecular complexity index is 919. The summed E-state index contributed by atoms with van der Waals surface area (Å²) in [5.74, 6) is 1.52. The molecule has 0 aliphatic carbocycles. The van der Waals surface area contributed by atoms with Crippen molar-refractivity contribution in [3.8, 4) is 11.5 Å². The molecule has 2 heterocycles. The summed E-state index contributed by atoms with van der Waals surface area (Å²) in [6.07, 6.45) is 4.68. The summed E-state index contributed by atoms with van der Waals surface area (Å²) in [4.78, 5) is 34.9. The van der Waals surface area contributed by atoms with Gasteiger partial charge in [-0.25, -0.2) is 14.6 Å². The predicted octanol–water partition coefficient (Wildman–Crippen LogP) is 2.38. The maximum absolute atomic E-state index is 13.4. The molecule has 168 valence electrons. The molecule has 10 heteroatoms. The molecule has 0 bridgehead atoms. The van der Waals surface area contributed by atoms with Gasteiger partial charge in [0, 0.05) is 24.2 Å². The van der Waals surface area contributed by atoms with Gasteiger partial charge in [0.2, 0.25) is 0 Å². The number of thioether (sulfide) groups is 1. The van der Waals surface area contributed by atoms with Crippen molar-refractivity contribution >= 4 is 23.8 Å². The number of carbonyl (C=O) groups is 2. The molecule has 1 aromatic heterocycles. The van der Waals surface area contributed by atoms with Gasteiger partial charge in [-0.05, 0) is 36.6 Å². The lowest BCUT2D eigenvalue weighted by molar-refractivity contribution is -0.142. The van der Waals surface area contributed by atoms with Crippen LogP contribution in [0.5, 0.6) is 11.5 Å². The average Bonchev–Trinajstić information content (AvgIpc) is 3.28. The number of urea groups is 1. The number of benzene rings is 1. The highest BCUT2D eigenvalue weighted by atomic mass is 32.2. The van der Waals surface area contributed by atoms with Crippen LogP contribution in [0.25, 0.3) is 0 Å². The van der Waals surface area contributed by atoms with E-state index in [2.05, 4.69) is 15.3 Å². The summed E-state index contributed by atoms with van der Waals surface area (Å²) < 4.78 is 15.9. The van der Waals surface area contributed by atoms with Crippen LogP contribution in [-0.4, -0.2) is 72.8 Å². The van der Waals surface area contributed by atoms with Gasteiger partial charge in [0.1, 0.15) is 23.6 Å². The summed E-state index contributed by atoms with van der Waals surface area (Å²) in [6, 6.07) is 3.87. The van der Waals surface area contributed by atoms with Crippen molar-refractivity contribution in [2.45, 2.75) is 24.9 Å². The number of esters is 1. The van der Waals surface area contributed by atoms with E-state index in [1.165, 1.54) is 7.11 Å². The molecule has 0 saturated heterocycles. The smallest absolute Gasteiger partial charge is 0.328 e. The number of fused-ring (bicyclic) bond motifs is 1. The topological polar surface area (TPSA) is 106 Å². The number of rotatable bonds is 8. The molecule has 1 aromatic carbocycles. The maximum Gasteiger partial charge on any atom is 0.328 e. The number of aromatic nitrogens is 2. The molecule has 1 unspecified atom stereocenters. The number of ether oxygens (including phenoxy) is 3. The van der Waals surface area contributed by atoms with E-state index in [9.17, 15) is 9.59 Å². The van der Waals surface area contributed by atoms with Gasteiger partial charge in [0.25, 0.3) is 0 Å². The lowest BCUT2D eigenvalue weighted by atomic mass is 9.95. The second-order valence-corrected chi connectivity index (χ2v) is 8.01. The van der Waals surface area contributed by atoms with Crippen LogP contribution in [0.15, 0.2) is 24.5 Å². The number of hydrogen-bond acceptors (Lipinski definition) is 7. The molecule has 1 aliphatic rings. The first kappa shape index (κ1) is 22.8. The number of amides is 2. The Morgan fingerprint density at radius 1 is 1.32 bits per heavy atom. The van der Waals surface area contributed by atoms with Gasteiger partial charge >= 0.3 is 12.0 Å². The van der Waals surface area contributed by atoms with Crippen LogP contribution in [-0.2, 0) is 16.0 Å². The van der Waals surface area contributed by atoms with Crippen LogP contribution in [0, 0.1) is 0 Å². The SMILES string of the molecule is COC(=O)[C@H](CCSC)NC(=O)N1CCc2[nH]cnc2C1c1cc(OC)ccc1OC. The minimum Gasteiger partial charge on any atom is -0.497 e. The Hall–Kier alpha value is -2.88. The molecule has 3 rings (SSSR count). The van der Waals surface area contributed by atoms with Crippen molar-refractivity contribution in [1.29, 1.82) is 0 Å². The van der Waals surface area contributed by atoms with Crippen LogP contribution in [0.3, 0.4) is 0 Å². The normalized spacial score (nSPS) is 16.3. The molecule has 0 saturated carbocycles. The minimum atomic E-state index is -0.724.